The summed E-state index contributed by atoms with van der Waals surface area (Å²) >= 11 is 1.59. The molecule has 2 heterocycles. The van der Waals surface area contributed by atoms with E-state index in [4.69, 9.17) is 0 Å². The smallest absolute Gasteiger partial charge is 0.263 e. The van der Waals surface area contributed by atoms with Crippen LogP contribution >= 0.6 is 11.3 Å². The van der Waals surface area contributed by atoms with Gasteiger partial charge in [-0.1, -0.05) is 12.1 Å². The molecule has 0 spiro atoms. The van der Waals surface area contributed by atoms with Gasteiger partial charge in [-0.25, -0.2) is 13.4 Å². The van der Waals surface area contributed by atoms with Crippen LogP contribution in [0.25, 0.3) is 0 Å². The van der Waals surface area contributed by atoms with Crippen LogP contribution in [0.5, 0.6) is 0 Å². The van der Waals surface area contributed by atoms with E-state index in [1.807, 2.05) is 26.8 Å². The Hall–Kier alpha value is -1.73. The average Bonchev–Trinajstić information content (AvgIpc) is 2.88. The highest BCUT2D eigenvalue weighted by Gasteiger charge is 2.30. The Morgan fingerprint density at radius 2 is 2.00 bits per heavy atom. The maximum Gasteiger partial charge on any atom is 0.263 e. The lowest BCUT2D eigenvalue weighted by Gasteiger charge is -2.06. The number of fused-ring (bicyclic) bond motifs is 1. The second kappa shape index (κ2) is 4.92. The molecule has 5 nitrogen and oxygen atoms in total. The predicted octanol–water partition coefficient (Wildman–Crippen LogP) is 2.56. The maximum atomic E-state index is 12.1. The molecule has 0 fully saturated rings. The number of hydrogen-bond acceptors (Lipinski definition) is 5. The predicted molar refractivity (Wildman–Crippen MR) is 83.3 cm³/mol. The van der Waals surface area contributed by atoms with Crippen molar-refractivity contribution in [3.8, 4) is 0 Å². The number of aryl methyl sites for hydroxylation is 2. The van der Waals surface area contributed by atoms with E-state index < -0.39 is 10.0 Å². The molecule has 1 aromatic heterocycles. The van der Waals surface area contributed by atoms with Gasteiger partial charge in [0, 0.05) is 5.56 Å². The zero-order chi connectivity index (χ0) is 15.2. The number of rotatable bonds is 2. The molecule has 1 unspecified atom stereocenters. The normalized spacial score (nSPS) is 19.3. The van der Waals surface area contributed by atoms with Crippen molar-refractivity contribution < 1.29 is 8.42 Å². The summed E-state index contributed by atoms with van der Waals surface area (Å²) in [5.74, 6) is 0.406. The van der Waals surface area contributed by atoms with Crippen molar-refractivity contribution in [3.63, 3.8) is 0 Å². The SMILES string of the molecule is Cc1nc(C)c(C(C)N=C2NS(=O)(=O)c3ccccc32)s1. The number of sulfonamides is 1. The molecule has 0 saturated heterocycles. The summed E-state index contributed by atoms with van der Waals surface area (Å²) in [7, 11) is -3.48. The lowest BCUT2D eigenvalue weighted by molar-refractivity contribution is 0.595. The average molecular weight is 321 g/mol. The van der Waals surface area contributed by atoms with E-state index in [1.54, 1.807) is 29.5 Å². The second-order valence-electron chi connectivity index (χ2n) is 4.94. The molecule has 0 aliphatic carbocycles. The molecule has 1 aromatic carbocycles. The molecular formula is C14H15N3O2S2. The zero-order valence-corrected chi connectivity index (χ0v) is 13.5. The van der Waals surface area contributed by atoms with E-state index in [0.29, 0.717) is 11.4 Å². The van der Waals surface area contributed by atoms with Gasteiger partial charge < -0.3 is 0 Å². The molecule has 21 heavy (non-hydrogen) atoms. The Bertz CT molecular complexity index is 838. The summed E-state index contributed by atoms with van der Waals surface area (Å²) in [5, 5.41) is 0.988. The van der Waals surface area contributed by atoms with Crippen molar-refractivity contribution in [1.29, 1.82) is 0 Å². The molecular weight excluding hydrogens is 306 g/mol. The fraction of sp³-hybridized carbons (Fsp3) is 0.286. The van der Waals surface area contributed by atoms with Gasteiger partial charge in [-0.3, -0.25) is 9.71 Å². The van der Waals surface area contributed by atoms with E-state index in [9.17, 15) is 8.42 Å². The summed E-state index contributed by atoms with van der Waals surface area (Å²) < 4.78 is 26.6. The molecule has 1 atom stereocenters. The zero-order valence-electron chi connectivity index (χ0n) is 11.9. The molecule has 1 aliphatic rings. The Kier molecular flexibility index (Phi) is 3.33. The van der Waals surface area contributed by atoms with Crippen LogP contribution in [0.15, 0.2) is 34.2 Å². The first-order valence-electron chi connectivity index (χ1n) is 6.52. The quantitative estimate of drug-likeness (QED) is 0.924. The molecule has 1 aliphatic heterocycles. The molecule has 7 heteroatoms. The Morgan fingerprint density at radius 1 is 1.29 bits per heavy atom. The standard InChI is InChI=1S/C14H15N3O2S2/c1-8-13(20-10(3)15-8)9(2)16-14-11-6-4-5-7-12(11)21(18,19)17-14/h4-7,9H,1-3H3,(H,16,17). The van der Waals surface area contributed by atoms with Crippen molar-refractivity contribution in [2.24, 2.45) is 4.99 Å². The monoisotopic (exact) mass is 321 g/mol. The highest BCUT2D eigenvalue weighted by Crippen LogP contribution is 2.29. The maximum absolute atomic E-state index is 12.1. The number of benzene rings is 1. The third-order valence-corrected chi connectivity index (χ3v) is 5.94. The van der Waals surface area contributed by atoms with Crippen molar-refractivity contribution in [2.45, 2.75) is 31.7 Å². The van der Waals surface area contributed by atoms with Crippen molar-refractivity contribution in [3.05, 3.63) is 45.4 Å². The van der Waals surface area contributed by atoms with E-state index >= 15 is 0 Å². The molecule has 3 rings (SSSR count). The lowest BCUT2D eigenvalue weighted by Crippen LogP contribution is -2.22. The molecule has 0 radical (unpaired) electrons. The molecule has 0 saturated carbocycles. The van der Waals surface area contributed by atoms with Crippen molar-refractivity contribution in [1.82, 2.24) is 9.71 Å². The van der Waals surface area contributed by atoms with Gasteiger partial charge in [0.15, 0.2) is 0 Å². The number of amidine groups is 1. The molecule has 1 N–H and O–H groups in total. The number of nitrogens with zero attached hydrogens (tertiary/aromatic N) is 2. The summed E-state index contributed by atoms with van der Waals surface area (Å²) in [5.41, 5.74) is 1.58. The first kappa shape index (κ1) is 14.2. The number of thiazole rings is 1. The van der Waals surface area contributed by atoms with Gasteiger partial charge in [-0.2, -0.15) is 0 Å². The van der Waals surface area contributed by atoms with Gasteiger partial charge in [-0.05, 0) is 32.9 Å². The van der Waals surface area contributed by atoms with Crippen LogP contribution in [-0.2, 0) is 10.0 Å². The van der Waals surface area contributed by atoms with Crippen LogP contribution in [0.4, 0.5) is 0 Å². The summed E-state index contributed by atoms with van der Waals surface area (Å²) in [6.45, 7) is 5.85. The summed E-state index contributed by atoms with van der Waals surface area (Å²) in [6, 6.07) is 6.74. The summed E-state index contributed by atoms with van der Waals surface area (Å²) in [4.78, 5) is 10.3. The minimum Gasteiger partial charge on any atom is -0.263 e. The number of nitrogens with one attached hydrogen (secondary N) is 1. The third kappa shape index (κ3) is 2.47. The van der Waals surface area contributed by atoms with Crippen LogP contribution in [-0.4, -0.2) is 19.2 Å². The van der Waals surface area contributed by atoms with Gasteiger partial charge in [0.05, 0.1) is 26.5 Å². The van der Waals surface area contributed by atoms with E-state index in [0.717, 1.165) is 15.6 Å². The topological polar surface area (TPSA) is 71.4 Å². The first-order chi connectivity index (χ1) is 9.88. The minimum atomic E-state index is -3.48. The van der Waals surface area contributed by atoms with Gasteiger partial charge in [0.25, 0.3) is 10.0 Å². The summed E-state index contributed by atoms with van der Waals surface area (Å²) in [6.07, 6.45) is 0. The Balaban J connectivity index is 2.04. The highest BCUT2D eigenvalue weighted by atomic mass is 32.2. The fourth-order valence-electron chi connectivity index (χ4n) is 2.42. The molecule has 110 valence electrons. The Labute approximate surface area is 127 Å². The van der Waals surface area contributed by atoms with Gasteiger partial charge in [-0.15, -0.1) is 11.3 Å². The van der Waals surface area contributed by atoms with Crippen LogP contribution in [0, 0.1) is 13.8 Å². The van der Waals surface area contributed by atoms with Crippen LogP contribution in [0.2, 0.25) is 0 Å². The van der Waals surface area contributed by atoms with Crippen molar-refractivity contribution >= 4 is 27.2 Å². The fourth-order valence-corrected chi connectivity index (χ4v) is 4.57. The van der Waals surface area contributed by atoms with E-state index in [-0.39, 0.29) is 10.9 Å². The molecule has 0 bridgehead atoms. The number of aliphatic imine (C=N–C) groups is 1. The minimum absolute atomic E-state index is 0.139. The van der Waals surface area contributed by atoms with Gasteiger partial charge >= 0.3 is 0 Å². The lowest BCUT2D eigenvalue weighted by atomic mass is 10.2. The number of aromatic nitrogens is 1. The molecule has 0 amide bonds. The largest absolute Gasteiger partial charge is 0.263 e. The van der Waals surface area contributed by atoms with Crippen LogP contribution in [0.1, 0.15) is 34.1 Å². The Morgan fingerprint density at radius 3 is 2.67 bits per heavy atom. The van der Waals surface area contributed by atoms with Gasteiger partial charge in [0.2, 0.25) is 0 Å². The van der Waals surface area contributed by atoms with Crippen molar-refractivity contribution in [2.75, 3.05) is 0 Å². The van der Waals surface area contributed by atoms with E-state index in [2.05, 4.69) is 14.7 Å². The van der Waals surface area contributed by atoms with E-state index in [1.165, 1.54) is 0 Å². The second-order valence-corrected chi connectivity index (χ2v) is 7.82. The van der Waals surface area contributed by atoms with Gasteiger partial charge in [0.1, 0.15) is 5.84 Å². The number of hydrogen-bond donors (Lipinski definition) is 1. The third-order valence-electron chi connectivity index (χ3n) is 3.30. The van der Waals surface area contributed by atoms with Crippen LogP contribution in [0.3, 0.4) is 0 Å². The highest BCUT2D eigenvalue weighted by molar-refractivity contribution is 7.90. The molecule has 2 aromatic rings. The van der Waals surface area contributed by atoms with Crippen LogP contribution < -0.4 is 4.72 Å². The first-order valence-corrected chi connectivity index (χ1v) is 8.82.